The number of furan rings is 1. The Morgan fingerprint density at radius 2 is 0.944 bits per heavy atom. The molecule has 8 aromatic carbocycles. The number of nitrogens with zero attached hydrogens (tertiary/aromatic N) is 4. The van der Waals surface area contributed by atoms with Crippen LogP contribution in [-0.2, 0) is 0 Å². The number of aromatic nitrogens is 4. The van der Waals surface area contributed by atoms with Gasteiger partial charge in [-0.25, -0.2) is 19.9 Å². The summed E-state index contributed by atoms with van der Waals surface area (Å²) in [5, 5.41) is 6.80. The molecule has 3 heterocycles. The smallest absolute Gasteiger partial charge is 0.227 e. The minimum atomic E-state index is 0.529. The number of para-hydroxylation sites is 1. The Hall–Kier alpha value is -7.44. The number of rotatable bonds is 5. The summed E-state index contributed by atoms with van der Waals surface area (Å²) in [5.74, 6) is 2.27. The molecule has 0 fully saturated rings. The van der Waals surface area contributed by atoms with Gasteiger partial charge in [-0.2, -0.15) is 0 Å². The van der Waals surface area contributed by atoms with Crippen molar-refractivity contribution in [2.45, 2.75) is 0 Å². The summed E-state index contributed by atoms with van der Waals surface area (Å²) in [6.45, 7) is 0. The topological polar surface area (TPSA) is 77.8 Å². The van der Waals surface area contributed by atoms with Gasteiger partial charge in [0.25, 0.3) is 0 Å². The quantitative estimate of drug-likeness (QED) is 0.167. The van der Waals surface area contributed by atoms with E-state index in [9.17, 15) is 0 Å². The van der Waals surface area contributed by atoms with Crippen molar-refractivity contribution < 1.29 is 8.83 Å². The van der Waals surface area contributed by atoms with Crippen molar-refractivity contribution in [3.8, 4) is 56.7 Å². The molecule has 0 amide bonds. The maximum atomic E-state index is 6.60. The number of benzene rings is 8. The van der Waals surface area contributed by atoms with Crippen LogP contribution >= 0.6 is 0 Å². The van der Waals surface area contributed by atoms with E-state index in [0.29, 0.717) is 40.1 Å². The predicted molar refractivity (Wildman–Crippen MR) is 217 cm³/mol. The third-order valence-electron chi connectivity index (χ3n) is 10.2. The van der Waals surface area contributed by atoms with Gasteiger partial charge in [-0.15, -0.1) is 0 Å². The highest BCUT2D eigenvalue weighted by atomic mass is 16.4. The Morgan fingerprint density at radius 1 is 0.333 bits per heavy atom. The summed E-state index contributed by atoms with van der Waals surface area (Å²) in [7, 11) is 0. The maximum Gasteiger partial charge on any atom is 0.227 e. The van der Waals surface area contributed by atoms with Crippen molar-refractivity contribution >= 4 is 54.6 Å². The van der Waals surface area contributed by atoms with Crippen LogP contribution in [0, 0.1) is 0 Å². The Bertz CT molecular complexity index is 3200. The zero-order chi connectivity index (χ0) is 35.6. The van der Waals surface area contributed by atoms with Gasteiger partial charge in [-0.3, -0.25) is 0 Å². The fourth-order valence-electron chi connectivity index (χ4n) is 7.53. The second-order valence-corrected chi connectivity index (χ2v) is 13.4. The average Bonchev–Trinajstić information content (AvgIpc) is 3.84. The summed E-state index contributed by atoms with van der Waals surface area (Å²) < 4.78 is 12.8. The minimum Gasteiger partial charge on any atom is -0.455 e. The summed E-state index contributed by atoms with van der Waals surface area (Å²) in [6, 6.07) is 57.9. The van der Waals surface area contributed by atoms with E-state index >= 15 is 0 Å². The molecule has 0 spiro atoms. The molecule has 11 aromatic rings. The van der Waals surface area contributed by atoms with Crippen molar-refractivity contribution in [3.05, 3.63) is 170 Å². The van der Waals surface area contributed by atoms with Gasteiger partial charge in [-0.1, -0.05) is 133 Å². The van der Waals surface area contributed by atoms with Gasteiger partial charge in [0.1, 0.15) is 16.7 Å². The lowest BCUT2D eigenvalue weighted by Crippen LogP contribution is -2.00. The fourth-order valence-corrected chi connectivity index (χ4v) is 7.53. The zero-order valence-corrected chi connectivity index (χ0v) is 28.8. The van der Waals surface area contributed by atoms with E-state index in [4.69, 9.17) is 28.8 Å². The largest absolute Gasteiger partial charge is 0.455 e. The highest BCUT2D eigenvalue weighted by Crippen LogP contribution is 2.39. The molecular weight excluding hydrogens is 665 g/mol. The van der Waals surface area contributed by atoms with Crippen molar-refractivity contribution in [3.63, 3.8) is 0 Å². The molecule has 0 saturated heterocycles. The van der Waals surface area contributed by atoms with Crippen molar-refractivity contribution in [1.29, 1.82) is 0 Å². The lowest BCUT2D eigenvalue weighted by molar-refractivity contribution is 0.620. The summed E-state index contributed by atoms with van der Waals surface area (Å²) in [6.07, 6.45) is 0. The van der Waals surface area contributed by atoms with Crippen LogP contribution in [0.4, 0.5) is 0 Å². The average molecular weight is 693 g/mol. The molecule has 54 heavy (non-hydrogen) atoms. The molecule has 0 unspecified atom stereocenters. The number of hydrogen-bond donors (Lipinski definition) is 0. The Balaban J connectivity index is 1.04. The number of oxazole rings is 1. The van der Waals surface area contributed by atoms with Gasteiger partial charge >= 0.3 is 0 Å². The number of fused-ring (bicyclic) bond motifs is 7. The van der Waals surface area contributed by atoms with Gasteiger partial charge < -0.3 is 8.83 Å². The molecular formula is C48H28N4O2. The van der Waals surface area contributed by atoms with Crippen molar-refractivity contribution in [1.82, 2.24) is 19.9 Å². The Kier molecular flexibility index (Phi) is 6.75. The monoisotopic (exact) mass is 692 g/mol. The van der Waals surface area contributed by atoms with E-state index in [0.717, 1.165) is 44.1 Å². The molecule has 3 aromatic heterocycles. The fraction of sp³-hybridized carbons (Fsp3) is 0. The predicted octanol–water partition coefficient (Wildman–Crippen LogP) is 12.6. The Morgan fingerprint density at radius 3 is 1.72 bits per heavy atom. The van der Waals surface area contributed by atoms with Crippen LogP contribution in [0.15, 0.2) is 179 Å². The molecule has 0 radical (unpaired) electrons. The van der Waals surface area contributed by atoms with Crippen LogP contribution < -0.4 is 0 Å². The normalized spacial score (nSPS) is 11.7. The van der Waals surface area contributed by atoms with Crippen molar-refractivity contribution in [2.75, 3.05) is 0 Å². The Labute approximate surface area is 309 Å². The molecule has 0 aliphatic heterocycles. The second-order valence-electron chi connectivity index (χ2n) is 13.4. The van der Waals surface area contributed by atoms with E-state index in [1.165, 1.54) is 27.1 Å². The molecule has 252 valence electrons. The van der Waals surface area contributed by atoms with Gasteiger partial charge in [0, 0.05) is 33.5 Å². The lowest BCUT2D eigenvalue weighted by atomic mass is 9.93. The first-order valence-electron chi connectivity index (χ1n) is 17.9. The van der Waals surface area contributed by atoms with Gasteiger partial charge in [0.05, 0.1) is 5.56 Å². The zero-order valence-electron chi connectivity index (χ0n) is 28.8. The molecule has 0 atom stereocenters. The number of hydrogen-bond acceptors (Lipinski definition) is 6. The third-order valence-corrected chi connectivity index (χ3v) is 10.2. The van der Waals surface area contributed by atoms with Gasteiger partial charge in [-0.05, 0) is 63.0 Å². The molecule has 0 aliphatic rings. The highest BCUT2D eigenvalue weighted by molar-refractivity contribution is 6.14. The summed E-state index contributed by atoms with van der Waals surface area (Å²) in [5.41, 5.74) is 8.65. The van der Waals surface area contributed by atoms with Gasteiger partial charge in [0.2, 0.25) is 5.89 Å². The molecule has 11 rings (SSSR count). The van der Waals surface area contributed by atoms with Crippen LogP contribution in [0.3, 0.4) is 0 Å². The van der Waals surface area contributed by atoms with E-state index < -0.39 is 0 Å². The van der Waals surface area contributed by atoms with E-state index in [2.05, 4.69) is 84.9 Å². The SMILES string of the molecule is c1ccc(-c2nc(-c3ccc(-c4cc5ccccc5c5ccccc45)cc3)nc(-c3cccc4c3oc3cc5nc(-c6ccccc6)oc5cc34)n2)cc1. The highest BCUT2D eigenvalue weighted by Gasteiger charge is 2.20. The van der Waals surface area contributed by atoms with E-state index in [1.54, 1.807) is 0 Å². The molecule has 0 aliphatic carbocycles. The van der Waals surface area contributed by atoms with Crippen LogP contribution in [-0.4, -0.2) is 19.9 Å². The second kappa shape index (κ2) is 12.1. The summed E-state index contributed by atoms with van der Waals surface area (Å²) >= 11 is 0. The molecule has 0 bridgehead atoms. The van der Waals surface area contributed by atoms with Crippen LogP contribution in [0.1, 0.15) is 0 Å². The van der Waals surface area contributed by atoms with E-state index in [-0.39, 0.29) is 0 Å². The molecule has 0 saturated carbocycles. The maximum absolute atomic E-state index is 6.60. The first kappa shape index (κ1) is 30.2. The lowest BCUT2D eigenvalue weighted by Gasteiger charge is -2.12. The first-order valence-corrected chi connectivity index (χ1v) is 17.9. The molecule has 0 N–H and O–H groups in total. The minimum absolute atomic E-state index is 0.529. The van der Waals surface area contributed by atoms with E-state index in [1.807, 2.05) is 84.9 Å². The van der Waals surface area contributed by atoms with Crippen molar-refractivity contribution in [2.24, 2.45) is 0 Å². The van der Waals surface area contributed by atoms with Crippen LogP contribution in [0.25, 0.3) is 111 Å². The third kappa shape index (κ3) is 4.96. The molecule has 6 heteroatoms. The molecule has 6 nitrogen and oxygen atoms in total. The van der Waals surface area contributed by atoms with Crippen LogP contribution in [0.5, 0.6) is 0 Å². The van der Waals surface area contributed by atoms with Gasteiger partial charge in [0.15, 0.2) is 23.1 Å². The summed E-state index contributed by atoms with van der Waals surface area (Å²) in [4.78, 5) is 19.9. The standard InChI is InChI=1S/C48H28N4O2/c1-3-12-30(13-4-1)45-50-46(31-24-22-29(23-25-31)39-26-33-16-7-8-17-34(33)35-18-9-10-19-36(35)39)52-47(51-45)38-21-11-20-37-40-27-43-41(28-42(40)53-44(37)38)49-48(54-43)32-14-5-2-6-15-32/h1-28H. The first-order chi connectivity index (χ1) is 26.7. The van der Waals surface area contributed by atoms with Crippen LogP contribution in [0.2, 0.25) is 0 Å².